The third-order valence-electron chi connectivity index (χ3n) is 2.21. The van der Waals surface area contributed by atoms with E-state index in [1.54, 1.807) is 13.2 Å². The Hall–Kier alpha value is -1.82. The maximum absolute atomic E-state index is 10.3. The van der Waals surface area contributed by atoms with Crippen LogP contribution in [0.25, 0.3) is 0 Å². The molecule has 0 aliphatic carbocycles. The minimum Gasteiger partial charge on any atom is -0.495 e. The normalized spacial score (nSPS) is 9.40. The number of nitrogens with zero attached hydrogens (tertiary/aromatic N) is 1. The number of methoxy groups -OCH3 is 1. The van der Waals surface area contributed by atoms with Gasteiger partial charge in [0.2, 0.25) is 0 Å². The van der Waals surface area contributed by atoms with Gasteiger partial charge in [-0.3, -0.25) is 0 Å². The van der Waals surface area contributed by atoms with Gasteiger partial charge >= 0.3 is 0 Å². The monoisotopic (exact) mass is 203 g/mol. The van der Waals surface area contributed by atoms with E-state index in [-0.39, 0.29) is 0 Å². The summed E-state index contributed by atoms with van der Waals surface area (Å²) in [6.45, 7) is 1.89. The van der Waals surface area contributed by atoms with E-state index in [4.69, 9.17) is 10.00 Å². The first-order valence-electron chi connectivity index (χ1n) is 4.74. The van der Waals surface area contributed by atoms with Gasteiger partial charge in [-0.05, 0) is 30.5 Å². The molecule has 0 unspecified atom stereocenters. The maximum atomic E-state index is 10.3. The summed E-state index contributed by atoms with van der Waals surface area (Å²) in [6, 6.07) is 5.81. The van der Waals surface area contributed by atoms with Crippen LogP contribution in [0, 0.1) is 18.3 Å². The van der Waals surface area contributed by atoms with Crippen molar-refractivity contribution in [2.45, 2.75) is 19.8 Å². The van der Waals surface area contributed by atoms with Crippen molar-refractivity contribution in [2.24, 2.45) is 0 Å². The van der Waals surface area contributed by atoms with E-state index < -0.39 is 0 Å². The van der Waals surface area contributed by atoms with E-state index in [2.05, 4.69) is 6.07 Å². The van der Waals surface area contributed by atoms with Gasteiger partial charge in [-0.1, -0.05) is 6.07 Å². The lowest BCUT2D eigenvalue weighted by molar-refractivity contribution is -0.107. The third-order valence-corrected chi connectivity index (χ3v) is 2.21. The van der Waals surface area contributed by atoms with Crippen LogP contribution < -0.4 is 4.74 Å². The molecule has 78 valence electrons. The summed E-state index contributed by atoms with van der Waals surface area (Å²) in [4.78, 5) is 10.3. The second kappa shape index (κ2) is 5.16. The fourth-order valence-corrected chi connectivity index (χ4v) is 1.57. The van der Waals surface area contributed by atoms with E-state index in [0.29, 0.717) is 24.2 Å². The van der Waals surface area contributed by atoms with Crippen LogP contribution in [0.2, 0.25) is 0 Å². The predicted molar refractivity (Wildman–Crippen MR) is 56.8 cm³/mol. The molecule has 0 radical (unpaired) electrons. The lowest BCUT2D eigenvalue weighted by atomic mass is 10.0. The van der Waals surface area contributed by atoms with Gasteiger partial charge in [0.1, 0.15) is 18.1 Å². The number of carbonyl (C=O) groups is 1. The van der Waals surface area contributed by atoms with Crippen molar-refractivity contribution in [3.8, 4) is 11.8 Å². The van der Waals surface area contributed by atoms with Gasteiger partial charge in [0.15, 0.2) is 0 Å². The fourth-order valence-electron chi connectivity index (χ4n) is 1.57. The summed E-state index contributed by atoms with van der Waals surface area (Å²) >= 11 is 0. The van der Waals surface area contributed by atoms with Crippen LogP contribution >= 0.6 is 0 Å². The number of rotatable bonds is 4. The zero-order valence-electron chi connectivity index (χ0n) is 8.91. The molecule has 1 rings (SSSR count). The van der Waals surface area contributed by atoms with Crippen LogP contribution in [-0.4, -0.2) is 13.4 Å². The van der Waals surface area contributed by atoms with Crippen LogP contribution in [0.5, 0.6) is 5.75 Å². The van der Waals surface area contributed by atoms with E-state index in [9.17, 15) is 4.79 Å². The standard InChI is InChI=1S/C12H13NO2/c1-9-6-10(4-3-5-14)7-11(8-13)12(9)15-2/h5-7H,3-4H2,1-2H3. The molecule has 0 fully saturated rings. The van der Waals surface area contributed by atoms with Gasteiger partial charge in [0, 0.05) is 6.42 Å². The van der Waals surface area contributed by atoms with Crippen LogP contribution in [0.15, 0.2) is 12.1 Å². The van der Waals surface area contributed by atoms with Crippen molar-refractivity contribution in [2.75, 3.05) is 7.11 Å². The average molecular weight is 203 g/mol. The molecule has 1 aromatic carbocycles. The molecule has 0 aliphatic heterocycles. The number of benzene rings is 1. The highest BCUT2D eigenvalue weighted by atomic mass is 16.5. The molecule has 0 amide bonds. The van der Waals surface area contributed by atoms with E-state index in [1.807, 2.05) is 13.0 Å². The van der Waals surface area contributed by atoms with Gasteiger partial charge in [0.25, 0.3) is 0 Å². The molecule has 15 heavy (non-hydrogen) atoms. The molecule has 0 N–H and O–H groups in total. The zero-order valence-corrected chi connectivity index (χ0v) is 8.91. The van der Waals surface area contributed by atoms with Crippen molar-refractivity contribution >= 4 is 6.29 Å². The van der Waals surface area contributed by atoms with Crippen molar-refractivity contribution in [1.29, 1.82) is 5.26 Å². The molecule has 0 aliphatic rings. The Morgan fingerprint density at radius 1 is 1.53 bits per heavy atom. The molecule has 0 aromatic heterocycles. The van der Waals surface area contributed by atoms with Crippen LogP contribution in [0.1, 0.15) is 23.1 Å². The first kappa shape index (κ1) is 11.3. The Labute approximate surface area is 89.3 Å². The highest BCUT2D eigenvalue weighted by molar-refractivity contribution is 5.53. The molecular weight excluding hydrogens is 190 g/mol. The molecule has 3 heteroatoms. The largest absolute Gasteiger partial charge is 0.495 e. The SMILES string of the molecule is COc1c(C)cc(CCC=O)cc1C#N. The molecule has 0 heterocycles. The minimum atomic E-state index is 0.483. The summed E-state index contributed by atoms with van der Waals surface area (Å²) < 4.78 is 5.13. The van der Waals surface area contributed by atoms with Gasteiger partial charge in [-0.2, -0.15) is 5.26 Å². The Morgan fingerprint density at radius 2 is 2.27 bits per heavy atom. The first-order chi connectivity index (χ1) is 7.22. The lowest BCUT2D eigenvalue weighted by Crippen LogP contribution is -1.95. The average Bonchev–Trinajstić information content (AvgIpc) is 2.25. The van der Waals surface area contributed by atoms with Crippen LogP contribution in [0.4, 0.5) is 0 Å². The van der Waals surface area contributed by atoms with Gasteiger partial charge in [0.05, 0.1) is 12.7 Å². The zero-order chi connectivity index (χ0) is 11.3. The highest BCUT2D eigenvalue weighted by Crippen LogP contribution is 2.24. The molecule has 3 nitrogen and oxygen atoms in total. The summed E-state index contributed by atoms with van der Waals surface area (Å²) in [5.41, 5.74) is 2.45. The second-order valence-corrected chi connectivity index (χ2v) is 3.31. The Morgan fingerprint density at radius 3 is 2.80 bits per heavy atom. The highest BCUT2D eigenvalue weighted by Gasteiger charge is 2.07. The number of hydrogen-bond acceptors (Lipinski definition) is 3. The number of aryl methyl sites for hydroxylation is 2. The second-order valence-electron chi connectivity index (χ2n) is 3.31. The molecular formula is C12H13NO2. The summed E-state index contributed by atoms with van der Waals surface area (Å²) in [5, 5.41) is 8.92. The number of hydrogen-bond donors (Lipinski definition) is 0. The van der Waals surface area contributed by atoms with E-state index in [0.717, 1.165) is 17.4 Å². The first-order valence-corrected chi connectivity index (χ1v) is 4.74. The number of carbonyl (C=O) groups excluding carboxylic acids is 1. The van der Waals surface area contributed by atoms with Crippen molar-refractivity contribution in [3.05, 3.63) is 28.8 Å². The topological polar surface area (TPSA) is 50.1 Å². The molecule has 0 saturated carbocycles. The summed E-state index contributed by atoms with van der Waals surface area (Å²) in [7, 11) is 1.55. The quantitative estimate of drug-likeness (QED) is 0.703. The van der Waals surface area contributed by atoms with Crippen LogP contribution in [0.3, 0.4) is 0 Å². The van der Waals surface area contributed by atoms with Crippen LogP contribution in [-0.2, 0) is 11.2 Å². The molecule has 0 saturated heterocycles. The van der Waals surface area contributed by atoms with Gasteiger partial charge < -0.3 is 9.53 Å². The van der Waals surface area contributed by atoms with E-state index >= 15 is 0 Å². The lowest BCUT2D eigenvalue weighted by Gasteiger charge is -2.08. The van der Waals surface area contributed by atoms with Crippen molar-refractivity contribution < 1.29 is 9.53 Å². The van der Waals surface area contributed by atoms with Gasteiger partial charge in [-0.25, -0.2) is 0 Å². The molecule has 0 bridgehead atoms. The Kier molecular flexibility index (Phi) is 3.87. The predicted octanol–water partition coefficient (Wildman–Crippen LogP) is 2.01. The number of nitriles is 1. The third kappa shape index (κ3) is 2.57. The summed E-state index contributed by atoms with van der Waals surface area (Å²) in [5.74, 6) is 0.618. The number of ether oxygens (including phenoxy) is 1. The van der Waals surface area contributed by atoms with Gasteiger partial charge in [-0.15, -0.1) is 0 Å². The van der Waals surface area contributed by atoms with E-state index in [1.165, 1.54) is 0 Å². The number of aldehydes is 1. The maximum Gasteiger partial charge on any atom is 0.139 e. The Bertz CT molecular complexity index is 405. The Balaban J connectivity index is 3.09. The minimum absolute atomic E-state index is 0.483. The fraction of sp³-hybridized carbons (Fsp3) is 0.333. The molecule has 1 aromatic rings. The molecule has 0 spiro atoms. The van der Waals surface area contributed by atoms with Crippen molar-refractivity contribution in [1.82, 2.24) is 0 Å². The smallest absolute Gasteiger partial charge is 0.139 e. The summed E-state index contributed by atoms with van der Waals surface area (Å²) in [6.07, 6.45) is 2.03. The molecule has 0 atom stereocenters. The van der Waals surface area contributed by atoms with Crippen molar-refractivity contribution in [3.63, 3.8) is 0 Å².